The Morgan fingerprint density at radius 1 is 1.28 bits per heavy atom. The monoisotopic (exact) mass is 241 g/mol. The van der Waals surface area contributed by atoms with Crippen molar-refractivity contribution in [1.82, 2.24) is 4.98 Å². The Morgan fingerprint density at radius 3 is 2.83 bits per heavy atom. The lowest BCUT2D eigenvalue weighted by atomic mass is 10.1. The molecule has 2 N–H and O–H groups in total. The summed E-state index contributed by atoms with van der Waals surface area (Å²) in [6.07, 6.45) is 3.12. The lowest BCUT2D eigenvalue weighted by Crippen LogP contribution is -2.26. The topological polar surface area (TPSA) is 42.2 Å². The zero-order valence-corrected chi connectivity index (χ0v) is 10.9. The Balaban J connectivity index is 2.15. The van der Waals surface area contributed by atoms with Crippen LogP contribution >= 0.6 is 0 Å². The van der Waals surface area contributed by atoms with Gasteiger partial charge in [0, 0.05) is 29.9 Å². The van der Waals surface area contributed by atoms with Gasteiger partial charge >= 0.3 is 0 Å². The first-order chi connectivity index (χ1) is 8.66. The molecule has 3 nitrogen and oxygen atoms in total. The van der Waals surface area contributed by atoms with Crippen molar-refractivity contribution >= 4 is 22.3 Å². The number of pyridine rings is 1. The summed E-state index contributed by atoms with van der Waals surface area (Å²) in [7, 11) is 0. The zero-order chi connectivity index (χ0) is 12.7. The number of nitrogen functional groups attached to an aromatic ring is 1. The summed E-state index contributed by atoms with van der Waals surface area (Å²) in [6, 6.07) is 8.73. The highest BCUT2D eigenvalue weighted by Crippen LogP contribution is 2.34. The molecule has 2 unspecified atom stereocenters. The van der Waals surface area contributed by atoms with Crippen molar-refractivity contribution in [2.75, 3.05) is 17.2 Å². The second-order valence-electron chi connectivity index (χ2n) is 5.42. The summed E-state index contributed by atoms with van der Waals surface area (Å²) in [5.74, 6) is 0.754. The molecule has 1 aliphatic rings. The molecule has 0 saturated carbocycles. The van der Waals surface area contributed by atoms with Crippen LogP contribution in [-0.2, 0) is 0 Å². The summed E-state index contributed by atoms with van der Waals surface area (Å²) in [6.45, 7) is 5.73. The van der Waals surface area contributed by atoms with Crippen molar-refractivity contribution in [3.05, 3.63) is 30.5 Å². The number of anilines is 2. The summed E-state index contributed by atoms with van der Waals surface area (Å²) in [5.41, 5.74) is 8.95. The van der Waals surface area contributed by atoms with E-state index in [4.69, 9.17) is 5.73 Å². The van der Waals surface area contributed by atoms with E-state index in [-0.39, 0.29) is 0 Å². The second kappa shape index (κ2) is 4.16. The molecule has 2 aromatic rings. The number of nitrogens with two attached hydrogens (primary N) is 1. The fourth-order valence-corrected chi connectivity index (χ4v) is 3.07. The molecule has 94 valence electrons. The van der Waals surface area contributed by atoms with Crippen molar-refractivity contribution in [1.29, 1.82) is 0 Å². The highest BCUT2D eigenvalue weighted by Gasteiger charge is 2.27. The van der Waals surface area contributed by atoms with E-state index >= 15 is 0 Å². The van der Waals surface area contributed by atoms with Crippen LogP contribution < -0.4 is 10.6 Å². The Kier molecular flexibility index (Phi) is 2.62. The molecule has 0 spiro atoms. The molecule has 1 aliphatic heterocycles. The van der Waals surface area contributed by atoms with Crippen LogP contribution in [0.25, 0.3) is 10.9 Å². The van der Waals surface area contributed by atoms with Crippen molar-refractivity contribution < 1.29 is 0 Å². The predicted octanol–water partition coefficient (Wildman–Crippen LogP) is 3.05. The van der Waals surface area contributed by atoms with Crippen LogP contribution in [0.4, 0.5) is 11.4 Å². The zero-order valence-electron chi connectivity index (χ0n) is 10.9. The molecule has 2 heterocycles. The van der Waals surface area contributed by atoms with E-state index in [9.17, 15) is 0 Å². The highest BCUT2D eigenvalue weighted by molar-refractivity contribution is 5.98. The average Bonchev–Trinajstić information content (AvgIpc) is 2.68. The van der Waals surface area contributed by atoms with Crippen LogP contribution in [0.5, 0.6) is 0 Å². The molecule has 0 radical (unpaired) electrons. The van der Waals surface area contributed by atoms with Gasteiger partial charge in [0.05, 0.1) is 11.2 Å². The van der Waals surface area contributed by atoms with Crippen LogP contribution in [0.1, 0.15) is 20.3 Å². The Labute approximate surface area is 108 Å². The molecule has 1 fully saturated rings. The quantitative estimate of drug-likeness (QED) is 0.780. The number of nitrogens with zero attached hydrogens (tertiary/aromatic N) is 2. The van der Waals surface area contributed by atoms with Gasteiger partial charge in [-0.25, -0.2) is 0 Å². The second-order valence-corrected chi connectivity index (χ2v) is 5.42. The maximum atomic E-state index is 6.00. The maximum absolute atomic E-state index is 6.00. The van der Waals surface area contributed by atoms with E-state index in [0.29, 0.717) is 6.04 Å². The predicted molar refractivity (Wildman–Crippen MR) is 76.7 cm³/mol. The largest absolute Gasteiger partial charge is 0.397 e. The third-order valence-corrected chi connectivity index (χ3v) is 3.87. The number of para-hydroxylation sites is 1. The normalized spacial score (nSPS) is 23.8. The lowest BCUT2D eigenvalue weighted by molar-refractivity contribution is 0.625. The minimum absolute atomic E-state index is 0.590. The fourth-order valence-electron chi connectivity index (χ4n) is 3.07. The standard InChI is InChI=1S/C15H19N3/c1-10-8-11(2)18(9-10)14-6-7-17-15-12(14)4-3-5-13(15)16/h3-7,10-11H,8-9,16H2,1-2H3. The minimum Gasteiger partial charge on any atom is -0.397 e. The molecule has 3 heteroatoms. The van der Waals surface area contributed by atoms with Gasteiger partial charge in [-0.05, 0) is 31.4 Å². The molecular weight excluding hydrogens is 222 g/mol. The van der Waals surface area contributed by atoms with E-state index in [0.717, 1.165) is 23.7 Å². The minimum atomic E-state index is 0.590. The Hall–Kier alpha value is -1.77. The summed E-state index contributed by atoms with van der Waals surface area (Å²) in [5, 5.41) is 1.17. The SMILES string of the molecule is CC1CC(C)N(c2ccnc3c(N)cccc23)C1. The van der Waals surface area contributed by atoms with Gasteiger partial charge in [0.15, 0.2) is 0 Å². The number of rotatable bonds is 1. The van der Waals surface area contributed by atoms with Gasteiger partial charge in [-0.15, -0.1) is 0 Å². The van der Waals surface area contributed by atoms with Crippen LogP contribution in [0.15, 0.2) is 30.5 Å². The lowest BCUT2D eigenvalue weighted by Gasteiger charge is -2.25. The van der Waals surface area contributed by atoms with Crippen molar-refractivity contribution in [3.63, 3.8) is 0 Å². The van der Waals surface area contributed by atoms with Crippen LogP contribution in [0.2, 0.25) is 0 Å². The number of hydrogen-bond acceptors (Lipinski definition) is 3. The Morgan fingerprint density at radius 2 is 2.11 bits per heavy atom. The van der Waals surface area contributed by atoms with Crippen LogP contribution in [0, 0.1) is 5.92 Å². The van der Waals surface area contributed by atoms with E-state index in [1.54, 1.807) is 0 Å². The van der Waals surface area contributed by atoms with Gasteiger partial charge in [-0.1, -0.05) is 19.1 Å². The molecule has 0 amide bonds. The first kappa shape index (κ1) is 11.3. The van der Waals surface area contributed by atoms with Gasteiger partial charge in [-0.3, -0.25) is 4.98 Å². The number of hydrogen-bond donors (Lipinski definition) is 1. The van der Waals surface area contributed by atoms with Gasteiger partial charge < -0.3 is 10.6 Å². The summed E-state index contributed by atoms with van der Waals surface area (Å²) >= 11 is 0. The molecule has 1 aromatic carbocycles. The number of aromatic nitrogens is 1. The van der Waals surface area contributed by atoms with E-state index < -0.39 is 0 Å². The Bertz CT molecular complexity index is 579. The van der Waals surface area contributed by atoms with Crippen molar-refractivity contribution in [2.24, 2.45) is 5.92 Å². The van der Waals surface area contributed by atoms with E-state index in [2.05, 4.69) is 35.9 Å². The maximum Gasteiger partial charge on any atom is 0.0951 e. The number of fused-ring (bicyclic) bond motifs is 1. The van der Waals surface area contributed by atoms with Gasteiger partial charge in [0.2, 0.25) is 0 Å². The summed E-state index contributed by atoms with van der Waals surface area (Å²) < 4.78 is 0. The molecule has 1 aromatic heterocycles. The first-order valence-corrected chi connectivity index (χ1v) is 6.56. The molecule has 0 aliphatic carbocycles. The highest BCUT2D eigenvalue weighted by atomic mass is 15.2. The van der Waals surface area contributed by atoms with Crippen molar-refractivity contribution in [3.8, 4) is 0 Å². The van der Waals surface area contributed by atoms with Crippen molar-refractivity contribution in [2.45, 2.75) is 26.3 Å². The molecule has 18 heavy (non-hydrogen) atoms. The molecule has 1 saturated heterocycles. The van der Waals surface area contributed by atoms with E-state index in [1.165, 1.54) is 17.5 Å². The smallest absolute Gasteiger partial charge is 0.0951 e. The van der Waals surface area contributed by atoms with Gasteiger partial charge in [0.25, 0.3) is 0 Å². The summed E-state index contributed by atoms with van der Waals surface area (Å²) in [4.78, 5) is 6.89. The van der Waals surface area contributed by atoms with Crippen LogP contribution in [0.3, 0.4) is 0 Å². The third-order valence-electron chi connectivity index (χ3n) is 3.87. The van der Waals surface area contributed by atoms with Gasteiger partial charge in [0.1, 0.15) is 0 Å². The third kappa shape index (κ3) is 1.70. The number of benzene rings is 1. The molecule has 2 atom stereocenters. The molecular formula is C15H19N3. The first-order valence-electron chi connectivity index (χ1n) is 6.56. The fraction of sp³-hybridized carbons (Fsp3) is 0.400. The average molecular weight is 241 g/mol. The van der Waals surface area contributed by atoms with Crippen LogP contribution in [-0.4, -0.2) is 17.6 Å². The molecule has 3 rings (SSSR count). The van der Waals surface area contributed by atoms with Gasteiger partial charge in [-0.2, -0.15) is 0 Å². The van der Waals surface area contributed by atoms with E-state index in [1.807, 2.05) is 18.3 Å². The molecule has 0 bridgehead atoms.